The zero-order valence-electron chi connectivity index (χ0n) is 12.8. The van der Waals surface area contributed by atoms with Crippen molar-refractivity contribution in [1.29, 1.82) is 0 Å². The number of rotatable bonds is 8. The highest BCUT2D eigenvalue weighted by atomic mass is 16.5. The molecule has 0 fully saturated rings. The number of para-hydroxylation sites is 1. The van der Waals surface area contributed by atoms with Gasteiger partial charge in [-0.3, -0.25) is 0 Å². The number of ether oxygens (including phenoxy) is 2. The van der Waals surface area contributed by atoms with Crippen LogP contribution in [0.1, 0.15) is 25.0 Å². The normalized spacial score (nSPS) is 10.4. The Kier molecular flexibility index (Phi) is 6.10. The minimum Gasteiger partial charge on any atom is -0.494 e. The van der Waals surface area contributed by atoms with E-state index in [1.165, 1.54) is 11.1 Å². The second-order valence-electron chi connectivity index (χ2n) is 4.73. The van der Waals surface area contributed by atoms with Crippen LogP contribution in [0.4, 0.5) is 5.69 Å². The molecule has 21 heavy (non-hydrogen) atoms. The number of anilines is 1. The van der Waals surface area contributed by atoms with Crippen molar-refractivity contribution >= 4 is 5.69 Å². The third-order valence-electron chi connectivity index (χ3n) is 3.17. The average molecular weight is 285 g/mol. The van der Waals surface area contributed by atoms with E-state index in [-0.39, 0.29) is 0 Å². The SMILES string of the molecule is CCOCc1ccccc1NCc1cccc(OCC)c1. The highest BCUT2D eigenvalue weighted by Crippen LogP contribution is 2.19. The Morgan fingerprint density at radius 1 is 0.952 bits per heavy atom. The Balaban J connectivity index is 2.00. The lowest BCUT2D eigenvalue weighted by atomic mass is 10.1. The maximum atomic E-state index is 5.53. The van der Waals surface area contributed by atoms with Crippen LogP contribution in [0.3, 0.4) is 0 Å². The first-order chi connectivity index (χ1) is 10.3. The van der Waals surface area contributed by atoms with Crippen LogP contribution in [-0.2, 0) is 17.9 Å². The highest BCUT2D eigenvalue weighted by Gasteiger charge is 2.02. The van der Waals surface area contributed by atoms with Gasteiger partial charge in [-0.05, 0) is 37.6 Å². The molecule has 0 atom stereocenters. The molecule has 0 spiro atoms. The Bertz CT molecular complexity index is 554. The summed E-state index contributed by atoms with van der Waals surface area (Å²) in [6, 6.07) is 16.4. The molecule has 2 aromatic rings. The minimum atomic E-state index is 0.638. The van der Waals surface area contributed by atoms with Gasteiger partial charge in [0.05, 0.1) is 13.2 Å². The standard InChI is InChI=1S/C18H23NO2/c1-3-20-14-16-9-5-6-11-18(16)19-13-15-8-7-10-17(12-15)21-4-2/h5-12,19H,3-4,13-14H2,1-2H3. The summed E-state index contributed by atoms with van der Waals surface area (Å²) in [4.78, 5) is 0. The summed E-state index contributed by atoms with van der Waals surface area (Å²) in [5.41, 5.74) is 3.50. The average Bonchev–Trinajstić information content (AvgIpc) is 2.52. The molecule has 1 N–H and O–H groups in total. The summed E-state index contributed by atoms with van der Waals surface area (Å²) in [6.07, 6.45) is 0. The molecule has 0 aliphatic carbocycles. The lowest BCUT2D eigenvalue weighted by Crippen LogP contribution is -2.04. The molecule has 3 nitrogen and oxygen atoms in total. The van der Waals surface area contributed by atoms with Gasteiger partial charge in [-0.15, -0.1) is 0 Å². The van der Waals surface area contributed by atoms with E-state index in [1.54, 1.807) is 0 Å². The fraction of sp³-hybridized carbons (Fsp3) is 0.333. The molecular weight excluding hydrogens is 262 g/mol. The van der Waals surface area contributed by atoms with Crippen molar-refractivity contribution in [3.8, 4) is 5.75 Å². The number of hydrogen-bond donors (Lipinski definition) is 1. The van der Waals surface area contributed by atoms with Crippen LogP contribution in [0.2, 0.25) is 0 Å². The molecule has 0 amide bonds. The monoisotopic (exact) mass is 285 g/mol. The van der Waals surface area contributed by atoms with Crippen molar-refractivity contribution in [2.24, 2.45) is 0 Å². The van der Waals surface area contributed by atoms with Crippen molar-refractivity contribution < 1.29 is 9.47 Å². The molecule has 0 saturated carbocycles. The lowest BCUT2D eigenvalue weighted by Gasteiger charge is -2.12. The lowest BCUT2D eigenvalue weighted by molar-refractivity contribution is 0.134. The van der Waals surface area contributed by atoms with Crippen molar-refractivity contribution in [2.75, 3.05) is 18.5 Å². The van der Waals surface area contributed by atoms with E-state index in [1.807, 2.05) is 38.1 Å². The van der Waals surface area contributed by atoms with Crippen molar-refractivity contribution in [3.63, 3.8) is 0 Å². The van der Waals surface area contributed by atoms with Crippen LogP contribution in [0.15, 0.2) is 48.5 Å². The molecule has 112 valence electrons. The molecule has 0 bridgehead atoms. The molecule has 0 saturated heterocycles. The predicted molar refractivity (Wildman–Crippen MR) is 86.7 cm³/mol. The van der Waals surface area contributed by atoms with Crippen LogP contribution in [0.5, 0.6) is 5.75 Å². The maximum absolute atomic E-state index is 5.53. The maximum Gasteiger partial charge on any atom is 0.119 e. The Hall–Kier alpha value is -2.00. The number of hydrogen-bond acceptors (Lipinski definition) is 3. The first-order valence-electron chi connectivity index (χ1n) is 7.44. The topological polar surface area (TPSA) is 30.5 Å². The fourth-order valence-corrected chi connectivity index (χ4v) is 2.14. The summed E-state index contributed by atoms with van der Waals surface area (Å²) < 4.78 is 11.0. The Morgan fingerprint density at radius 3 is 2.62 bits per heavy atom. The molecule has 0 aliphatic heterocycles. The third-order valence-corrected chi connectivity index (χ3v) is 3.17. The van der Waals surface area contributed by atoms with Crippen molar-refractivity contribution in [2.45, 2.75) is 27.0 Å². The molecule has 0 heterocycles. The summed E-state index contributed by atoms with van der Waals surface area (Å²) in [5, 5.41) is 3.47. The quantitative estimate of drug-likeness (QED) is 0.787. The van der Waals surface area contributed by atoms with Crippen molar-refractivity contribution in [1.82, 2.24) is 0 Å². The van der Waals surface area contributed by atoms with Crippen LogP contribution >= 0.6 is 0 Å². The van der Waals surface area contributed by atoms with Gasteiger partial charge in [-0.1, -0.05) is 30.3 Å². The van der Waals surface area contributed by atoms with Gasteiger partial charge in [-0.2, -0.15) is 0 Å². The van der Waals surface area contributed by atoms with E-state index in [0.29, 0.717) is 13.2 Å². The van der Waals surface area contributed by atoms with E-state index < -0.39 is 0 Å². The van der Waals surface area contributed by atoms with Crippen LogP contribution in [0, 0.1) is 0 Å². The van der Waals surface area contributed by atoms with E-state index >= 15 is 0 Å². The summed E-state index contributed by atoms with van der Waals surface area (Å²) in [7, 11) is 0. The molecule has 2 aromatic carbocycles. The van der Waals surface area contributed by atoms with Crippen LogP contribution < -0.4 is 10.1 Å². The predicted octanol–water partition coefficient (Wildman–Crippen LogP) is 4.23. The zero-order chi connectivity index (χ0) is 14.9. The zero-order valence-corrected chi connectivity index (χ0v) is 12.8. The van der Waals surface area contributed by atoms with Crippen LogP contribution in [0.25, 0.3) is 0 Å². The molecule has 3 heteroatoms. The molecule has 0 unspecified atom stereocenters. The van der Waals surface area contributed by atoms with E-state index in [2.05, 4.69) is 29.6 Å². The van der Waals surface area contributed by atoms with Gasteiger partial charge in [0.2, 0.25) is 0 Å². The molecule has 0 aliphatic rings. The molecule has 2 rings (SSSR count). The summed E-state index contributed by atoms with van der Waals surface area (Å²) in [6.45, 7) is 6.83. The van der Waals surface area contributed by atoms with Crippen LogP contribution in [-0.4, -0.2) is 13.2 Å². The summed E-state index contributed by atoms with van der Waals surface area (Å²) in [5.74, 6) is 0.916. The van der Waals surface area contributed by atoms with E-state index in [0.717, 1.165) is 24.6 Å². The largest absolute Gasteiger partial charge is 0.494 e. The van der Waals surface area contributed by atoms with E-state index in [9.17, 15) is 0 Å². The Morgan fingerprint density at radius 2 is 1.81 bits per heavy atom. The smallest absolute Gasteiger partial charge is 0.119 e. The number of benzene rings is 2. The van der Waals surface area contributed by atoms with Gasteiger partial charge < -0.3 is 14.8 Å². The second-order valence-corrected chi connectivity index (χ2v) is 4.73. The molecular formula is C18H23NO2. The third kappa shape index (κ3) is 4.80. The molecule has 0 radical (unpaired) electrons. The molecule has 0 aromatic heterocycles. The second kappa shape index (κ2) is 8.32. The Labute approximate surface area is 126 Å². The van der Waals surface area contributed by atoms with Gasteiger partial charge in [0.1, 0.15) is 5.75 Å². The van der Waals surface area contributed by atoms with Crippen molar-refractivity contribution in [3.05, 3.63) is 59.7 Å². The first-order valence-corrected chi connectivity index (χ1v) is 7.44. The fourth-order valence-electron chi connectivity index (χ4n) is 2.14. The number of nitrogens with one attached hydrogen (secondary N) is 1. The first kappa shape index (κ1) is 15.4. The van der Waals surface area contributed by atoms with Gasteiger partial charge in [0.25, 0.3) is 0 Å². The summed E-state index contributed by atoms with van der Waals surface area (Å²) >= 11 is 0. The minimum absolute atomic E-state index is 0.638. The van der Waals surface area contributed by atoms with E-state index in [4.69, 9.17) is 9.47 Å². The van der Waals surface area contributed by atoms with Gasteiger partial charge in [0.15, 0.2) is 0 Å². The van der Waals surface area contributed by atoms with Gasteiger partial charge in [0, 0.05) is 24.4 Å². The van der Waals surface area contributed by atoms with Gasteiger partial charge in [-0.25, -0.2) is 0 Å². The highest BCUT2D eigenvalue weighted by molar-refractivity contribution is 5.51. The van der Waals surface area contributed by atoms with Gasteiger partial charge >= 0.3 is 0 Å².